The average molecular weight is 404 g/mol. The smallest absolute Gasteiger partial charge is 0.227 e. The molecule has 0 saturated carbocycles. The number of hydrogen-bond donors (Lipinski definition) is 1. The number of nitrogens with zero attached hydrogens (tertiary/aromatic N) is 3. The van der Waals surface area contributed by atoms with E-state index in [-0.39, 0.29) is 9.92 Å². The summed E-state index contributed by atoms with van der Waals surface area (Å²) in [5.41, 5.74) is 9.26. The molecule has 0 radical (unpaired) electrons. The van der Waals surface area contributed by atoms with Crippen molar-refractivity contribution in [2.24, 2.45) is 0 Å². The molecule has 7 heteroatoms. The Hall–Kier alpha value is -3.45. The minimum atomic E-state index is -3.86. The number of aryl methyl sites for hydroxylation is 1. The number of benzene rings is 3. The molecule has 0 bridgehead atoms. The molecular formula is C22H20N4O2S. The monoisotopic (exact) mass is 404 g/mol. The van der Waals surface area contributed by atoms with Crippen molar-refractivity contribution >= 4 is 15.5 Å². The van der Waals surface area contributed by atoms with Gasteiger partial charge in [-0.2, -0.15) is 0 Å². The van der Waals surface area contributed by atoms with Crippen molar-refractivity contribution in [3.8, 4) is 16.9 Å². The van der Waals surface area contributed by atoms with Gasteiger partial charge in [0, 0.05) is 11.3 Å². The fourth-order valence-electron chi connectivity index (χ4n) is 3.10. The molecule has 4 rings (SSSR count). The van der Waals surface area contributed by atoms with Gasteiger partial charge in [-0.25, -0.2) is 13.1 Å². The molecule has 29 heavy (non-hydrogen) atoms. The zero-order valence-electron chi connectivity index (χ0n) is 15.9. The highest BCUT2D eigenvalue weighted by molar-refractivity contribution is 7.91. The predicted octanol–water partition coefficient (Wildman–Crippen LogP) is 3.91. The third-order valence-electron chi connectivity index (χ3n) is 4.72. The van der Waals surface area contributed by atoms with Gasteiger partial charge in [-0.3, -0.25) is 0 Å². The Morgan fingerprint density at radius 3 is 2.17 bits per heavy atom. The van der Waals surface area contributed by atoms with Crippen LogP contribution in [-0.4, -0.2) is 23.4 Å². The third kappa shape index (κ3) is 3.52. The van der Waals surface area contributed by atoms with E-state index in [1.54, 1.807) is 36.4 Å². The second-order valence-corrected chi connectivity index (χ2v) is 8.48. The fraction of sp³-hybridized carbons (Fsp3) is 0.0909. The summed E-state index contributed by atoms with van der Waals surface area (Å²) in [6.45, 7) is 2.02. The van der Waals surface area contributed by atoms with Crippen LogP contribution in [0.4, 0.5) is 5.69 Å². The second-order valence-electron chi connectivity index (χ2n) is 6.61. The summed E-state index contributed by atoms with van der Waals surface area (Å²) in [6.07, 6.45) is 0.836. The van der Waals surface area contributed by atoms with Gasteiger partial charge in [0.05, 0.1) is 10.6 Å². The molecule has 2 N–H and O–H groups in total. The summed E-state index contributed by atoms with van der Waals surface area (Å²) < 4.78 is 28.3. The Bertz CT molecular complexity index is 1230. The molecule has 3 aromatic carbocycles. The summed E-state index contributed by atoms with van der Waals surface area (Å²) in [6, 6.07) is 23.2. The van der Waals surface area contributed by atoms with Crippen LogP contribution in [0.25, 0.3) is 16.9 Å². The first-order valence-corrected chi connectivity index (χ1v) is 10.7. The van der Waals surface area contributed by atoms with Crippen molar-refractivity contribution in [3.05, 3.63) is 84.4 Å². The lowest BCUT2D eigenvalue weighted by Crippen LogP contribution is -2.06. The van der Waals surface area contributed by atoms with Gasteiger partial charge in [-0.15, -0.1) is 5.10 Å². The number of anilines is 1. The Labute approximate surface area is 169 Å². The zero-order valence-corrected chi connectivity index (χ0v) is 16.7. The van der Waals surface area contributed by atoms with Crippen LogP contribution in [0.15, 0.2) is 88.8 Å². The fourth-order valence-corrected chi connectivity index (χ4v) is 4.42. The molecule has 0 aliphatic carbocycles. The molecule has 0 aliphatic rings. The van der Waals surface area contributed by atoms with Gasteiger partial charge in [0.25, 0.3) is 0 Å². The molecule has 0 aliphatic heterocycles. The van der Waals surface area contributed by atoms with E-state index in [1.165, 1.54) is 4.68 Å². The SMILES string of the molecule is CCc1ccc(S(=O)(=O)c2nnn(-c3ccc(N)cc3)c2-c2ccccc2)cc1. The van der Waals surface area contributed by atoms with E-state index in [0.717, 1.165) is 12.0 Å². The zero-order chi connectivity index (χ0) is 20.4. The number of hydrogen-bond acceptors (Lipinski definition) is 5. The molecule has 0 spiro atoms. The highest BCUT2D eigenvalue weighted by Crippen LogP contribution is 2.31. The van der Waals surface area contributed by atoms with Crippen LogP contribution in [0.2, 0.25) is 0 Å². The Kier molecular flexibility index (Phi) is 4.90. The topological polar surface area (TPSA) is 90.9 Å². The second kappa shape index (κ2) is 7.52. The molecule has 0 fully saturated rings. The highest BCUT2D eigenvalue weighted by Gasteiger charge is 2.29. The summed E-state index contributed by atoms with van der Waals surface area (Å²) in [7, 11) is -3.86. The van der Waals surface area contributed by atoms with E-state index in [1.807, 2.05) is 49.4 Å². The van der Waals surface area contributed by atoms with Crippen LogP contribution in [0.1, 0.15) is 12.5 Å². The van der Waals surface area contributed by atoms with E-state index >= 15 is 0 Å². The van der Waals surface area contributed by atoms with Crippen LogP contribution < -0.4 is 5.73 Å². The van der Waals surface area contributed by atoms with E-state index in [9.17, 15) is 8.42 Å². The number of nitrogen functional groups attached to an aromatic ring is 1. The molecule has 0 unspecified atom stereocenters. The quantitative estimate of drug-likeness (QED) is 0.509. The van der Waals surface area contributed by atoms with Gasteiger partial charge in [-0.1, -0.05) is 54.6 Å². The van der Waals surface area contributed by atoms with Crippen molar-refractivity contribution in [2.75, 3.05) is 5.73 Å². The van der Waals surface area contributed by atoms with Gasteiger partial charge in [0.1, 0.15) is 5.69 Å². The first kappa shape index (κ1) is 18.9. The number of sulfone groups is 1. The van der Waals surface area contributed by atoms with Gasteiger partial charge in [-0.05, 0) is 48.4 Å². The molecule has 0 amide bonds. The van der Waals surface area contributed by atoms with E-state index < -0.39 is 9.84 Å². The van der Waals surface area contributed by atoms with Crippen molar-refractivity contribution in [1.29, 1.82) is 0 Å². The van der Waals surface area contributed by atoms with E-state index in [4.69, 9.17) is 5.73 Å². The molecule has 0 atom stereocenters. The molecule has 1 heterocycles. The summed E-state index contributed by atoms with van der Waals surface area (Å²) in [5, 5.41) is 8.16. The van der Waals surface area contributed by atoms with Gasteiger partial charge >= 0.3 is 0 Å². The molecule has 0 saturated heterocycles. The normalized spacial score (nSPS) is 11.5. The first-order valence-electron chi connectivity index (χ1n) is 9.22. The van der Waals surface area contributed by atoms with Crippen LogP contribution >= 0.6 is 0 Å². The van der Waals surface area contributed by atoms with Crippen LogP contribution in [0.5, 0.6) is 0 Å². The summed E-state index contributed by atoms with van der Waals surface area (Å²) in [4.78, 5) is 0.191. The van der Waals surface area contributed by atoms with Crippen molar-refractivity contribution in [1.82, 2.24) is 15.0 Å². The van der Waals surface area contributed by atoms with Crippen molar-refractivity contribution in [3.63, 3.8) is 0 Å². The van der Waals surface area contributed by atoms with Gasteiger partial charge in [0.15, 0.2) is 0 Å². The molecule has 1 aromatic heterocycles. The van der Waals surface area contributed by atoms with Crippen LogP contribution in [0.3, 0.4) is 0 Å². The summed E-state index contributed by atoms with van der Waals surface area (Å²) >= 11 is 0. The van der Waals surface area contributed by atoms with E-state index in [0.29, 0.717) is 22.6 Å². The lowest BCUT2D eigenvalue weighted by atomic mass is 10.1. The maximum absolute atomic E-state index is 13.4. The minimum absolute atomic E-state index is 0.0789. The first-order chi connectivity index (χ1) is 14.0. The lowest BCUT2D eigenvalue weighted by Gasteiger charge is -2.09. The third-order valence-corrected chi connectivity index (χ3v) is 6.40. The molecule has 146 valence electrons. The minimum Gasteiger partial charge on any atom is -0.399 e. The largest absolute Gasteiger partial charge is 0.399 e. The highest BCUT2D eigenvalue weighted by atomic mass is 32.2. The lowest BCUT2D eigenvalue weighted by molar-refractivity contribution is 0.592. The number of aromatic nitrogens is 3. The van der Waals surface area contributed by atoms with Crippen LogP contribution in [-0.2, 0) is 16.3 Å². The molecular weight excluding hydrogens is 384 g/mol. The van der Waals surface area contributed by atoms with Crippen molar-refractivity contribution < 1.29 is 8.42 Å². The van der Waals surface area contributed by atoms with E-state index in [2.05, 4.69) is 10.3 Å². The predicted molar refractivity (Wildman–Crippen MR) is 112 cm³/mol. The molecule has 6 nitrogen and oxygen atoms in total. The Morgan fingerprint density at radius 2 is 1.55 bits per heavy atom. The maximum atomic E-state index is 13.4. The number of rotatable bonds is 5. The number of nitrogens with two attached hydrogens (primary N) is 1. The Morgan fingerprint density at radius 1 is 0.897 bits per heavy atom. The molecule has 4 aromatic rings. The summed E-state index contributed by atoms with van der Waals surface area (Å²) in [5.74, 6) is 0. The van der Waals surface area contributed by atoms with Crippen molar-refractivity contribution in [2.45, 2.75) is 23.3 Å². The van der Waals surface area contributed by atoms with Gasteiger partial charge < -0.3 is 5.73 Å². The maximum Gasteiger partial charge on any atom is 0.227 e. The van der Waals surface area contributed by atoms with Gasteiger partial charge in [0.2, 0.25) is 14.9 Å². The van der Waals surface area contributed by atoms with Crippen LogP contribution in [0, 0.1) is 0 Å². The average Bonchev–Trinajstić information content (AvgIpc) is 3.21. The Balaban J connectivity index is 1.92. The standard InChI is InChI=1S/C22H20N4O2S/c1-2-16-8-14-20(15-9-16)29(27,28)22-21(17-6-4-3-5-7-17)26(25-24-22)19-12-10-18(23)11-13-19/h3-15H,2,23H2,1H3.